The smallest absolute Gasteiger partial charge is 0.222 e. The summed E-state index contributed by atoms with van der Waals surface area (Å²) in [6.45, 7) is 2.76. The molecule has 3 heterocycles. The van der Waals surface area contributed by atoms with E-state index in [0.29, 0.717) is 17.9 Å². The molecule has 2 aromatic carbocycles. The van der Waals surface area contributed by atoms with Gasteiger partial charge in [0.25, 0.3) is 0 Å². The maximum Gasteiger partial charge on any atom is 0.222 e. The molecule has 4 N–H and O–H groups in total. The van der Waals surface area contributed by atoms with E-state index < -0.39 is 0 Å². The molecule has 4 aromatic rings. The van der Waals surface area contributed by atoms with Crippen LogP contribution >= 0.6 is 15.9 Å². The molecule has 1 aliphatic rings. The van der Waals surface area contributed by atoms with E-state index in [0.717, 1.165) is 37.8 Å². The highest BCUT2D eigenvalue weighted by atomic mass is 79.9. The van der Waals surface area contributed by atoms with Gasteiger partial charge in [-0.05, 0) is 24.3 Å². The average Bonchev–Trinajstić information content (AvgIpc) is 3.19. The Morgan fingerprint density at radius 1 is 1.23 bits per heavy atom. The zero-order valence-corrected chi connectivity index (χ0v) is 15.6. The van der Waals surface area contributed by atoms with Gasteiger partial charge in [-0.25, -0.2) is 4.98 Å². The van der Waals surface area contributed by atoms with Gasteiger partial charge in [-0.1, -0.05) is 28.9 Å². The fourth-order valence-electron chi connectivity index (χ4n) is 3.77. The predicted octanol–water partition coefficient (Wildman–Crippen LogP) is 4.00. The number of nitrogen functional groups attached to an aromatic ring is 2. The molecule has 0 spiro atoms. The van der Waals surface area contributed by atoms with Crippen LogP contribution in [0.1, 0.15) is 18.4 Å². The minimum atomic E-state index is 0.159. The minimum absolute atomic E-state index is 0.159. The highest BCUT2D eigenvalue weighted by molar-refractivity contribution is 9.10. The van der Waals surface area contributed by atoms with Crippen molar-refractivity contribution in [3.8, 4) is 11.4 Å². The Hall–Kier alpha value is -2.80. The Bertz CT molecular complexity index is 1200. The second-order valence-corrected chi connectivity index (χ2v) is 7.42. The number of aromatic nitrogens is 3. The number of halogens is 1. The number of nitrogens with two attached hydrogens (primary N) is 2. The van der Waals surface area contributed by atoms with Gasteiger partial charge in [0, 0.05) is 27.5 Å². The summed E-state index contributed by atoms with van der Waals surface area (Å²) in [4.78, 5) is 8.50. The molecule has 26 heavy (non-hydrogen) atoms. The third-order valence-corrected chi connectivity index (χ3v) is 5.60. The van der Waals surface area contributed by atoms with E-state index >= 15 is 0 Å². The molecule has 0 fully saturated rings. The van der Waals surface area contributed by atoms with Gasteiger partial charge in [0.1, 0.15) is 11.6 Å². The molecule has 0 bridgehead atoms. The second kappa shape index (κ2) is 5.35. The van der Waals surface area contributed by atoms with Gasteiger partial charge in [-0.2, -0.15) is 4.98 Å². The second-order valence-electron chi connectivity index (χ2n) is 6.57. The normalized spacial score (nSPS) is 16.2. The SMILES string of the molecule is CC1COc2c1c(-n1ccc3c(Br)cccc31)cc1nc(N)nc(N)c21. The molecule has 5 rings (SSSR count). The summed E-state index contributed by atoms with van der Waals surface area (Å²) in [5.74, 6) is 1.52. The number of nitrogens with zero attached hydrogens (tertiary/aromatic N) is 3. The summed E-state index contributed by atoms with van der Waals surface area (Å²) in [5.41, 5.74) is 15.9. The molecule has 1 unspecified atom stereocenters. The first-order chi connectivity index (χ1) is 12.5. The number of rotatable bonds is 1. The Labute approximate surface area is 157 Å². The van der Waals surface area contributed by atoms with Gasteiger partial charge in [-0.3, -0.25) is 0 Å². The van der Waals surface area contributed by atoms with Crippen LogP contribution in [0, 0.1) is 0 Å². The Balaban J connectivity index is 1.91. The summed E-state index contributed by atoms with van der Waals surface area (Å²) in [7, 11) is 0. The van der Waals surface area contributed by atoms with Crippen molar-refractivity contribution in [2.75, 3.05) is 18.1 Å². The van der Waals surface area contributed by atoms with Crippen LogP contribution in [0.15, 0.2) is 41.0 Å². The largest absolute Gasteiger partial charge is 0.492 e. The summed E-state index contributed by atoms with van der Waals surface area (Å²) in [5, 5.41) is 1.88. The van der Waals surface area contributed by atoms with Crippen LogP contribution in [0.4, 0.5) is 11.8 Å². The van der Waals surface area contributed by atoms with Gasteiger partial charge >= 0.3 is 0 Å². The lowest BCUT2D eigenvalue weighted by molar-refractivity contribution is 0.340. The van der Waals surface area contributed by atoms with Gasteiger partial charge in [0.15, 0.2) is 0 Å². The van der Waals surface area contributed by atoms with Crippen LogP contribution in [0.5, 0.6) is 5.75 Å². The standard InChI is InChI=1S/C19H16BrN5O/c1-9-8-26-17-15(9)14(7-12-16(17)18(21)24-19(22)23-12)25-6-5-10-11(20)3-2-4-13(10)25/h2-7,9H,8H2,1H3,(H4,21,22,23,24). The van der Waals surface area contributed by atoms with Gasteiger partial charge in [-0.15, -0.1) is 0 Å². The maximum absolute atomic E-state index is 6.13. The lowest BCUT2D eigenvalue weighted by Gasteiger charge is -2.15. The fourth-order valence-corrected chi connectivity index (χ4v) is 4.26. The Kier molecular flexibility index (Phi) is 3.18. The molecule has 0 aliphatic carbocycles. The first-order valence-electron chi connectivity index (χ1n) is 8.33. The highest BCUT2D eigenvalue weighted by Gasteiger charge is 2.29. The minimum Gasteiger partial charge on any atom is -0.492 e. The van der Waals surface area contributed by atoms with E-state index in [1.807, 2.05) is 18.2 Å². The summed E-state index contributed by atoms with van der Waals surface area (Å²) in [6, 6.07) is 10.3. The zero-order chi connectivity index (χ0) is 18.0. The van der Waals surface area contributed by atoms with E-state index in [9.17, 15) is 0 Å². The van der Waals surface area contributed by atoms with Gasteiger partial charge in [0.2, 0.25) is 5.95 Å². The van der Waals surface area contributed by atoms with Crippen molar-refractivity contribution in [3.63, 3.8) is 0 Å². The predicted molar refractivity (Wildman–Crippen MR) is 107 cm³/mol. The maximum atomic E-state index is 6.13. The quantitative estimate of drug-likeness (QED) is 0.495. The molecule has 1 aliphatic heterocycles. The van der Waals surface area contributed by atoms with Gasteiger partial charge in [0.05, 0.1) is 28.7 Å². The summed E-state index contributed by atoms with van der Waals surface area (Å²) < 4.78 is 9.22. The Morgan fingerprint density at radius 2 is 2.08 bits per heavy atom. The van der Waals surface area contributed by atoms with Crippen LogP contribution in [-0.4, -0.2) is 21.1 Å². The van der Waals surface area contributed by atoms with Crippen molar-refractivity contribution in [1.29, 1.82) is 0 Å². The van der Waals surface area contributed by atoms with Crippen molar-refractivity contribution in [3.05, 3.63) is 46.6 Å². The monoisotopic (exact) mass is 409 g/mol. The van der Waals surface area contributed by atoms with Crippen LogP contribution in [0.3, 0.4) is 0 Å². The molecule has 7 heteroatoms. The number of ether oxygens (including phenoxy) is 1. The molecular weight excluding hydrogens is 394 g/mol. The number of fused-ring (bicyclic) bond motifs is 4. The number of benzene rings is 2. The number of anilines is 2. The lowest BCUT2D eigenvalue weighted by Crippen LogP contribution is -2.04. The summed E-state index contributed by atoms with van der Waals surface area (Å²) >= 11 is 3.62. The molecule has 0 amide bonds. The Morgan fingerprint density at radius 3 is 2.92 bits per heavy atom. The summed E-state index contributed by atoms with van der Waals surface area (Å²) in [6.07, 6.45) is 2.07. The van der Waals surface area contributed by atoms with Crippen LogP contribution in [-0.2, 0) is 0 Å². The number of hydrogen-bond acceptors (Lipinski definition) is 5. The first kappa shape index (κ1) is 15.5. The van der Waals surface area contributed by atoms with E-state index in [1.54, 1.807) is 0 Å². The van der Waals surface area contributed by atoms with Crippen molar-refractivity contribution < 1.29 is 4.74 Å². The lowest BCUT2D eigenvalue weighted by atomic mass is 9.98. The zero-order valence-electron chi connectivity index (χ0n) is 14.0. The van der Waals surface area contributed by atoms with Gasteiger partial charge < -0.3 is 20.8 Å². The van der Waals surface area contributed by atoms with Crippen molar-refractivity contribution >= 4 is 49.5 Å². The highest BCUT2D eigenvalue weighted by Crippen LogP contribution is 2.45. The molecule has 1 atom stereocenters. The van der Waals surface area contributed by atoms with Crippen LogP contribution in [0.2, 0.25) is 0 Å². The fraction of sp³-hybridized carbons (Fsp3) is 0.158. The first-order valence-corrected chi connectivity index (χ1v) is 9.12. The molecule has 0 radical (unpaired) electrons. The topological polar surface area (TPSA) is 92.0 Å². The van der Waals surface area contributed by atoms with E-state index in [1.165, 1.54) is 0 Å². The number of hydrogen-bond donors (Lipinski definition) is 2. The molecular formula is C19H16BrN5O. The van der Waals surface area contributed by atoms with Crippen LogP contribution < -0.4 is 16.2 Å². The molecule has 6 nitrogen and oxygen atoms in total. The molecule has 0 saturated heterocycles. The van der Waals surface area contributed by atoms with Crippen molar-refractivity contribution in [2.24, 2.45) is 0 Å². The molecule has 0 saturated carbocycles. The van der Waals surface area contributed by atoms with E-state index in [2.05, 4.69) is 55.7 Å². The van der Waals surface area contributed by atoms with Crippen molar-refractivity contribution in [2.45, 2.75) is 12.8 Å². The van der Waals surface area contributed by atoms with E-state index in [-0.39, 0.29) is 11.9 Å². The third kappa shape index (κ3) is 2.03. The average molecular weight is 410 g/mol. The van der Waals surface area contributed by atoms with Crippen LogP contribution in [0.25, 0.3) is 27.5 Å². The van der Waals surface area contributed by atoms with Crippen molar-refractivity contribution in [1.82, 2.24) is 14.5 Å². The molecule has 2 aromatic heterocycles. The molecule has 130 valence electrons. The third-order valence-electron chi connectivity index (χ3n) is 4.91. The van der Waals surface area contributed by atoms with E-state index in [4.69, 9.17) is 16.2 Å².